The molecule has 2 rings (SSSR count). The number of aryl methyl sites for hydroxylation is 2. The van der Waals surface area contributed by atoms with Gasteiger partial charge in [-0.3, -0.25) is 0 Å². The van der Waals surface area contributed by atoms with Crippen molar-refractivity contribution in [1.82, 2.24) is 9.97 Å². The molecule has 0 N–H and O–H groups in total. The predicted molar refractivity (Wildman–Crippen MR) is 77.6 cm³/mol. The van der Waals surface area contributed by atoms with Gasteiger partial charge in [0.05, 0.1) is 12.8 Å². The third kappa shape index (κ3) is 2.75. The van der Waals surface area contributed by atoms with E-state index < -0.39 is 0 Å². The Labute approximate surface area is 114 Å². The predicted octanol–water partition coefficient (Wildman–Crippen LogP) is 3.89. The third-order valence-electron chi connectivity index (χ3n) is 3.25. The van der Waals surface area contributed by atoms with E-state index in [0.29, 0.717) is 5.92 Å². The molecule has 0 saturated heterocycles. The summed E-state index contributed by atoms with van der Waals surface area (Å²) in [6, 6.07) is 6.22. The van der Waals surface area contributed by atoms with Crippen LogP contribution < -0.4 is 4.74 Å². The van der Waals surface area contributed by atoms with Gasteiger partial charge in [-0.05, 0) is 49.1 Å². The summed E-state index contributed by atoms with van der Waals surface area (Å²) in [6.07, 6.45) is 1.80. The largest absolute Gasteiger partial charge is 0.496 e. The van der Waals surface area contributed by atoms with Gasteiger partial charge in [-0.2, -0.15) is 0 Å². The van der Waals surface area contributed by atoms with Crippen molar-refractivity contribution in [3.8, 4) is 17.0 Å². The van der Waals surface area contributed by atoms with Gasteiger partial charge in [-0.25, -0.2) is 9.97 Å². The van der Waals surface area contributed by atoms with Crippen LogP contribution in [0.25, 0.3) is 11.3 Å². The Balaban J connectivity index is 2.61. The van der Waals surface area contributed by atoms with Crippen LogP contribution in [-0.2, 0) is 0 Å². The molecule has 1 heterocycles. The molecule has 0 bridgehead atoms. The Hall–Kier alpha value is -1.90. The minimum absolute atomic E-state index is 0.414. The van der Waals surface area contributed by atoms with Gasteiger partial charge in [0.15, 0.2) is 0 Å². The number of nitrogens with zero attached hydrogens (tertiary/aromatic N) is 2. The Bertz CT molecular complexity index is 591. The van der Waals surface area contributed by atoms with Gasteiger partial charge in [0.25, 0.3) is 0 Å². The van der Waals surface area contributed by atoms with Gasteiger partial charge in [-0.15, -0.1) is 0 Å². The Morgan fingerprint density at radius 3 is 2.47 bits per heavy atom. The Kier molecular flexibility index (Phi) is 3.84. The van der Waals surface area contributed by atoms with Gasteiger partial charge in [-0.1, -0.05) is 13.8 Å². The number of hydrogen-bond acceptors (Lipinski definition) is 3. The standard InChI is InChI=1S/C16H20N2O/c1-10(2)13-9-14(11(3)8-16(13)19-5)15-6-7-17-12(4)18-15/h6-10H,1-5H3. The molecule has 0 fully saturated rings. The summed E-state index contributed by atoms with van der Waals surface area (Å²) in [6.45, 7) is 8.33. The van der Waals surface area contributed by atoms with Crippen molar-refractivity contribution in [1.29, 1.82) is 0 Å². The van der Waals surface area contributed by atoms with E-state index in [2.05, 4.69) is 42.9 Å². The number of methoxy groups -OCH3 is 1. The zero-order valence-electron chi connectivity index (χ0n) is 12.2. The molecule has 3 heteroatoms. The van der Waals surface area contributed by atoms with Crippen molar-refractivity contribution in [2.75, 3.05) is 7.11 Å². The monoisotopic (exact) mass is 256 g/mol. The van der Waals surface area contributed by atoms with Crippen molar-refractivity contribution in [2.24, 2.45) is 0 Å². The number of hydrogen-bond donors (Lipinski definition) is 0. The molecule has 0 aliphatic heterocycles. The number of benzene rings is 1. The van der Waals surface area contributed by atoms with E-state index in [0.717, 1.165) is 22.8 Å². The van der Waals surface area contributed by atoms with Crippen LogP contribution in [0.1, 0.15) is 36.7 Å². The van der Waals surface area contributed by atoms with E-state index in [1.807, 2.05) is 13.0 Å². The second-order valence-electron chi connectivity index (χ2n) is 5.05. The van der Waals surface area contributed by atoms with Gasteiger partial charge < -0.3 is 4.74 Å². The number of ether oxygens (including phenoxy) is 1. The van der Waals surface area contributed by atoms with Gasteiger partial charge in [0.1, 0.15) is 11.6 Å². The zero-order chi connectivity index (χ0) is 14.0. The lowest BCUT2D eigenvalue weighted by atomic mass is 9.95. The average Bonchev–Trinajstić information content (AvgIpc) is 2.37. The van der Waals surface area contributed by atoms with E-state index in [4.69, 9.17) is 4.74 Å². The van der Waals surface area contributed by atoms with Crippen molar-refractivity contribution < 1.29 is 4.74 Å². The molecule has 0 radical (unpaired) electrons. The molecule has 0 aliphatic rings. The average molecular weight is 256 g/mol. The van der Waals surface area contributed by atoms with E-state index in [1.54, 1.807) is 13.3 Å². The summed E-state index contributed by atoms with van der Waals surface area (Å²) in [5.74, 6) is 2.15. The highest BCUT2D eigenvalue weighted by atomic mass is 16.5. The molecule has 19 heavy (non-hydrogen) atoms. The van der Waals surface area contributed by atoms with Crippen molar-refractivity contribution in [3.63, 3.8) is 0 Å². The SMILES string of the molecule is COc1cc(C)c(-c2ccnc(C)n2)cc1C(C)C. The smallest absolute Gasteiger partial charge is 0.125 e. The first kappa shape index (κ1) is 13.5. The first-order chi connectivity index (χ1) is 9.02. The van der Waals surface area contributed by atoms with Crippen LogP contribution in [0, 0.1) is 13.8 Å². The van der Waals surface area contributed by atoms with Gasteiger partial charge in [0.2, 0.25) is 0 Å². The van der Waals surface area contributed by atoms with Crippen LogP contribution >= 0.6 is 0 Å². The minimum atomic E-state index is 0.414. The molecule has 1 aromatic carbocycles. The van der Waals surface area contributed by atoms with Gasteiger partial charge in [0, 0.05) is 11.8 Å². The molecule has 0 atom stereocenters. The van der Waals surface area contributed by atoms with E-state index >= 15 is 0 Å². The van der Waals surface area contributed by atoms with Crippen molar-refractivity contribution >= 4 is 0 Å². The third-order valence-corrected chi connectivity index (χ3v) is 3.25. The maximum Gasteiger partial charge on any atom is 0.125 e. The van der Waals surface area contributed by atoms with Crippen molar-refractivity contribution in [3.05, 3.63) is 41.3 Å². The molecule has 0 unspecified atom stereocenters. The first-order valence-electron chi connectivity index (χ1n) is 6.51. The topological polar surface area (TPSA) is 35.0 Å². The molecule has 0 aliphatic carbocycles. The number of rotatable bonds is 3. The van der Waals surface area contributed by atoms with Crippen LogP contribution in [0.5, 0.6) is 5.75 Å². The van der Waals surface area contributed by atoms with E-state index in [1.165, 1.54) is 11.1 Å². The summed E-state index contributed by atoms with van der Waals surface area (Å²) < 4.78 is 5.47. The fourth-order valence-electron chi connectivity index (χ4n) is 2.21. The maximum atomic E-state index is 5.47. The summed E-state index contributed by atoms with van der Waals surface area (Å²) in [4.78, 5) is 8.66. The lowest BCUT2D eigenvalue weighted by Gasteiger charge is -2.16. The Morgan fingerprint density at radius 2 is 1.89 bits per heavy atom. The summed E-state index contributed by atoms with van der Waals surface area (Å²) in [5, 5.41) is 0. The van der Waals surface area contributed by atoms with Crippen LogP contribution in [0.3, 0.4) is 0 Å². The molecule has 0 saturated carbocycles. The highest BCUT2D eigenvalue weighted by Gasteiger charge is 2.13. The minimum Gasteiger partial charge on any atom is -0.496 e. The summed E-state index contributed by atoms with van der Waals surface area (Å²) in [5.41, 5.74) is 4.49. The Morgan fingerprint density at radius 1 is 1.16 bits per heavy atom. The van der Waals surface area contributed by atoms with Crippen LogP contribution in [-0.4, -0.2) is 17.1 Å². The second-order valence-corrected chi connectivity index (χ2v) is 5.05. The fourth-order valence-corrected chi connectivity index (χ4v) is 2.21. The molecular weight excluding hydrogens is 236 g/mol. The van der Waals surface area contributed by atoms with Crippen LogP contribution in [0.15, 0.2) is 24.4 Å². The molecule has 3 nitrogen and oxygen atoms in total. The molecule has 2 aromatic rings. The van der Waals surface area contributed by atoms with Crippen LogP contribution in [0.4, 0.5) is 0 Å². The molecule has 0 amide bonds. The lowest BCUT2D eigenvalue weighted by Crippen LogP contribution is -1.98. The quantitative estimate of drug-likeness (QED) is 0.835. The first-order valence-corrected chi connectivity index (χ1v) is 6.51. The highest BCUT2D eigenvalue weighted by Crippen LogP contribution is 2.33. The molecular formula is C16H20N2O. The molecule has 100 valence electrons. The maximum absolute atomic E-state index is 5.47. The molecule has 1 aromatic heterocycles. The van der Waals surface area contributed by atoms with E-state index in [9.17, 15) is 0 Å². The van der Waals surface area contributed by atoms with Crippen LogP contribution in [0.2, 0.25) is 0 Å². The summed E-state index contributed by atoms with van der Waals surface area (Å²) in [7, 11) is 1.72. The normalized spacial score (nSPS) is 10.8. The lowest BCUT2D eigenvalue weighted by molar-refractivity contribution is 0.407. The summed E-state index contributed by atoms with van der Waals surface area (Å²) >= 11 is 0. The van der Waals surface area contributed by atoms with E-state index in [-0.39, 0.29) is 0 Å². The molecule has 0 spiro atoms. The van der Waals surface area contributed by atoms with Gasteiger partial charge >= 0.3 is 0 Å². The highest BCUT2D eigenvalue weighted by molar-refractivity contribution is 5.66. The second kappa shape index (κ2) is 5.39. The zero-order valence-corrected chi connectivity index (χ0v) is 12.2. The number of aromatic nitrogens is 2. The van der Waals surface area contributed by atoms with Crippen molar-refractivity contribution in [2.45, 2.75) is 33.6 Å². The fraction of sp³-hybridized carbons (Fsp3) is 0.375.